The molecule has 0 bridgehead atoms. The van der Waals surface area contributed by atoms with Crippen LogP contribution >= 0.6 is 0 Å². The summed E-state index contributed by atoms with van der Waals surface area (Å²) < 4.78 is 19.0. The lowest BCUT2D eigenvalue weighted by Crippen LogP contribution is -2.37. The van der Waals surface area contributed by atoms with Crippen LogP contribution in [0.1, 0.15) is 31.9 Å². The Labute approximate surface area is 114 Å². The van der Waals surface area contributed by atoms with E-state index in [1.165, 1.54) is 11.1 Å². The minimum atomic E-state index is -1.18. The molecule has 0 aliphatic carbocycles. The molecule has 104 valence electrons. The van der Waals surface area contributed by atoms with Gasteiger partial charge in [0.1, 0.15) is 11.3 Å². The Morgan fingerprint density at radius 1 is 1.37 bits per heavy atom. The number of nitrogens with one attached hydrogen (secondary N) is 1. The lowest BCUT2D eigenvalue weighted by Gasteiger charge is -2.19. The van der Waals surface area contributed by atoms with Crippen LogP contribution in [0, 0.1) is 6.92 Å². The highest BCUT2D eigenvalue weighted by Gasteiger charge is 2.17. The maximum absolute atomic E-state index is 13.5. The number of furan rings is 1. The highest BCUT2D eigenvalue weighted by atomic mass is 19.1. The SMILES string of the molecule is Cc1ccc2occ(CC(C)NCC(C)(C)F)c2c1. The van der Waals surface area contributed by atoms with E-state index in [0.717, 1.165) is 17.4 Å². The summed E-state index contributed by atoms with van der Waals surface area (Å²) in [5.74, 6) is 0. The first kappa shape index (κ1) is 14.1. The molecule has 0 spiro atoms. The van der Waals surface area contributed by atoms with Gasteiger partial charge in [-0.1, -0.05) is 11.6 Å². The van der Waals surface area contributed by atoms with Crippen molar-refractivity contribution in [2.75, 3.05) is 6.54 Å². The monoisotopic (exact) mass is 263 g/mol. The van der Waals surface area contributed by atoms with Gasteiger partial charge in [0.05, 0.1) is 6.26 Å². The van der Waals surface area contributed by atoms with E-state index in [9.17, 15) is 4.39 Å². The molecule has 0 saturated carbocycles. The van der Waals surface area contributed by atoms with E-state index < -0.39 is 5.67 Å². The zero-order chi connectivity index (χ0) is 14.0. The first-order valence-corrected chi connectivity index (χ1v) is 6.74. The molecule has 1 aromatic heterocycles. The topological polar surface area (TPSA) is 25.2 Å². The van der Waals surface area contributed by atoms with Crippen LogP contribution in [0.5, 0.6) is 0 Å². The number of alkyl halides is 1. The highest BCUT2D eigenvalue weighted by molar-refractivity contribution is 5.81. The molecular formula is C16H22FNO. The number of halogens is 1. The van der Waals surface area contributed by atoms with Crippen LogP contribution in [0.2, 0.25) is 0 Å². The number of fused-ring (bicyclic) bond motifs is 1. The second-order valence-electron chi connectivity index (χ2n) is 5.97. The minimum Gasteiger partial charge on any atom is -0.464 e. The number of rotatable bonds is 5. The van der Waals surface area contributed by atoms with E-state index in [4.69, 9.17) is 4.42 Å². The van der Waals surface area contributed by atoms with Crippen LogP contribution in [-0.4, -0.2) is 18.3 Å². The van der Waals surface area contributed by atoms with Crippen molar-refractivity contribution < 1.29 is 8.81 Å². The summed E-state index contributed by atoms with van der Waals surface area (Å²) in [4.78, 5) is 0. The van der Waals surface area contributed by atoms with Crippen molar-refractivity contribution in [1.29, 1.82) is 0 Å². The van der Waals surface area contributed by atoms with E-state index in [0.29, 0.717) is 6.54 Å². The van der Waals surface area contributed by atoms with Gasteiger partial charge >= 0.3 is 0 Å². The molecule has 19 heavy (non-hydrogen) atoms. The Balaban J connectivity index is 2.06. The standard InChI is InChI=1S/C16H22FNO/c1-11-5-6-15-14(7-11)13(9-19-15)8-12(2)18-10-16(3,4)17/h5-7,9,12,18H,8,10H2,1-4H3. The number of benzene rings is 1. The Kier molecular flexibility index (Phi) is 3.95. The first-order valence-electron chi connectivity index (χ1n) is 6.74. The van der Waals surface area contributed by atoms with Crippen LogP contribution in [-0.2, 0) is 6.42 Å². The molecule has 1 N–H and O–H groups in total. The number of hydrogen-bond donors (Lipinski definition) is 1. The van der Waals surface area contributed by atoms with Crippen LogP contribution in [0.4, 0.5) is 4.39 Å². The van der Waals surface area contributed by atoms with E-state index >= 15 is 0 Å². The molecule has 0 aliphatic rings. The van der Waals surface area contributed by atoms with Crippen molar-refractivity contribution in [2.45, 2.75) is 45.8 Å². The van der Waals surface area contributed by atoms with Gasteiger partial charge in [-0.05, 0) is 51.8 Å². The van der Waals surface area contributed by atoms with Gasteiger partial charge in [-0.3, -0.25) is 0 Å². The van der Waals surface area contributed by atoms with Gasteiger partial charge in [0.15, 0.2) is 0 Å². The summed E-state index contributed by atoms with van der Waals surface area (Å²) in [7, 11) is 0. The van der Waals surface area contributed by atoms with E-state index in [1.807, 2.05) is 18.4 Å². The van der Waals surface area contributed by atoms with Crippen LogP contribution in [0.15, 0.2) is 28.9 Å². The quantitative estimate of drug-likeness (QED) is 0.881. The fourth-order valence-electron chi connectivity index (χ4n) is 2.17. The average molecular weight is 263 g/mol. The van der Waals surface area contributed by atoms with Crippen molar-refractivity contribution in [1.82, 2.24) is 5.32 Å². The highest BCUT2D eigenvalue weighted by Crippen LogP contribution is 2.23. The van der Waals surface area contributed by atoms with Gasteiger partial charge in [-0.25, -0.2) is 4.39 Å². The molecule has 0 radical (unpaired) electrons. The molecule has 1 atom stereocenters. The average Bonchev–Trinajstić information content (AvgIpc) is 2.68. The molecule has 0 saturated heterocycles. The van der Waals surface area contributed by atoms with E-state index in [2.05, 4.69) is 25.2 Å². The van der Waals surface area contributed by atoms with E-state index in [-0.39, 0.29) is 6.04 Å². The third-order valence-corrected chi connectivity index (χ3v) is 3.21. The van der Waals surface area contributed by atoms with Crippen LogP contribution < -0.4 is 5.32 Å². The summed E-state index contributed by atoms with van der Waals surface area (Å²) in [6, 6.07) is 6.40. The molecule has 0 aliphatic heterocycles. The molecule has 2 aromatic rings. The Hall–Kier alpha value is -1.35. The van der Waals surface area contributed by atoms with Gasteiger partial charge in [0.25, 0.3) is 0 Å². The second-order valence-corrected chi connectivity index (χ2v) is 5.97. The molecule has 0 amide bonds. The summed E-state index contributed by atoms with van der Waals surface area (Å²) in [5, 5.41) is 4.38. The Morgan fingerprint density at radius 3 is 2.79 bits per heavy atom. The molecule has 0 fully saturated rings. The molecule has 1 unspecified atom stereocenters. The van der Waals surface area contributed by atoms with Gasteiger partial charge in [-0.2, -0.15) is 0 Å². The van der Waals surface area contributed by atoms with Gasteiger partial charge in [0.2, 0.25) is 0 Å². The lowest BCUT2D eigenvalue weighted by molar-refractivity contribution is 0.204. The molecule has 3 heteroatoms. The summed E-state index contributed by atoms with van der Waals surface area (Å²) >= 11 is 0. The van der Waals surface area contributed by atoms with Crippen LogP contribution in [0.3, 0.4) is 0 Å². The lowest BCUT2D eigenvalue weighted by atomic mass is 10.0. The predicted octanol–water partition coefficient (Wildman–Crippen LogP) is 4.01. The smallest absolute Gasteiger partial charge is 0.134 e. The number of hydrogen-bond acceptors (Lipinski definition) is 2. The molecule has 1 heterocycles. The second kappa shape index (κ2) is 5.33. The van der Waals surface area contributed by atoms with Crippen LogP contribution in [0.25, 0.3) is 11.0 Å². The minimum absolute atomic E-state index is 0.219. The fourth-order valence-corrected chi connectivity index (χ4v) is 2.17. The number of aryl methyl sites for hydroxylation is 1. The molecule has 2 rings (SSSR count). The Bertz CT molecular complexity index is 553. The van der Waals surface area contributed by atoms with Crippen molar-refractivity contribution in [3.63, 3.8) is 0 Å². The van der Waals surface area contributed by atoms with Gasteiger partial charge < -0.3 is 9.73 Å². The largest absolute Gasteiger partial charge is 0.464 e. The maximum Gasteiger partial charge on any atom is 0.134 e. The van der Waals surface area contributed by atoms with Crippen molar-refractivity contribution in [3.05, 3.63) is 35.6 Å². The van der Waals surface area contributed by atoms with Crippen molar-refractivity contribution >= 4 is 11.0 Å². The third-order valence-electron chi connectivity index (χ3n) is 3.21. The molecular weight excluding hydrogens is 241 g/mol. The normalized spacial score (nSPS) is 13.9. The van der Waals surface area contributed by atoms with Gasteiger partial charge in [0, 0.05) is 18.0 Å². The Morgan fingerprint density at radius 2 is 2.11 bits per heavy atom. The molecule has 2 nitrogen and oxygen atoms in total. The third kappa shape index (κ3) is 3.80. The predicted molar refractivity (Wildman–Crippen MR) is 77.3 cm³/mol. The summed E-state index contributed by atoms with van der Waals surface area (Å²) in [6.45, 7) is 7.68. The fraction of sp³-hybridized carbons (Fsp3) is 0.500. The summed E-state index contributed by atoms with van der Waals surface area (Å²) in [6.07, 6.45) is 2.65. The maximum atomic E-state index is 13.5. The zero-order valence-corrected chi connectivity index (χ0v) is 12.1. The van der Waals surface area contributed by atoms with Crippen molar-refractivity contribution in [2.24, 2.45) is 0 Å². The summed E-state index contributed by atoms with van der Waals surface area (Å²) in [5.41, 5.74) is 2.14. The van der Waals surface area contributed by atoms with E-state index in [1.54, 1.807) is 13.8 Å². The zero-order valence-electron chi connectivity index (χ0n) is 12.1. The van der Waals surface area contributed by atoms with Gasteiger partial charge in [-0.15, -0.1) is 0 Å². The first-order chi connectivity index (χ1) is 8.85. The van der Waals surface area contributed by atoms with Crippen molar-refractivity contribution in [3.8, 4) is 0 Å². The molecule has 1 aromatic carbocycles.